The summed E-state index contributed by atoms with van der Waals surface area (Å²) in [4.78, 5) is 0. The van der Waals surface area contributed by atoms with Crippen molar-refractivity contribution in [3.8, 4) is 0 Å². The summed E-state index contributed by atoms with van der Waals surface area (Å²) < 4.78 is 0. The smallest absolute Gasteiger partial charge is 0.0541 e. The van der Waals surface area contributed by atoms with E-state index in [0.717, 1.165) is 6.42 Å². The number of hydrogen-bond donors (Lipinski definition) is 2. The molecule has 0 saturated carbocycles. The average molecular weight is 117 g/mol. The van der Waals surface area contributed by atoms with Crippen molar-refractivity contribution in [1.82, 2.24) is 0 Å². The number of aliphatic hydroxyl groups excluding tert-OH is 2. The van der Waals surface area contributed by atoms with Gasteiger partial charge in [0.05, 0.1) is 6.10 Å². The van der Waals surface area contributed by atoms with Gasteiger partial charge in [-0.25, -0.2) is 0 Å². The molecule has 1 unspecified atom stereocenters. The molecule has 1 radical (unpaired) electrons. The summed E-state index contributed by atoms with van der Waals surface area (Å²) in [6.07, 6.45) is 2.76. The normalized spacial score (nSPS) is 13.9. The molecular formula is C6H13O2. The van der Waals surface area contributed by atoms with Crippen LogP contribution < -0.4 is 0 Å². The van der Waals surface area contributed by atoms with Crippen LogP contribution in [0.2, 0.25) is 0 Å². The summed E-state index contributed by atoms with van der Waals surface area (Å²) in [5, 5.41) is 17.1. The van der Waals surface area contributed by atoms with Crippen LogP contribution in [0.25, 0.3) is 0 Å². The third kappa shape index (κ3) is 4.09. The van der Waals surface area contributed by atoms with Crippen molar-refractivity contribution in [3.05, 3.63) is 6.42 Å². The van der Waals surface area contributed by atoms with Crippen molar-refractivity contribution >= 4 is 0 Å². The lowest BCUT2D eigenvalue weighted by atomic mass is 10.2. The second kappa shape index (κ2) is 5.06. The highest BCUT2D eigenvalue weighted by atomic mass is 16.3. The number of aliphatic hydroxyl groups is 2. The lowest BCUT2D eigenvalue weighted by molar-refractivity contribution is 0.163. The summed E-state index contributed by atoms with van der Waals surface area (Å²) in [5.74, 6) is 0. The zero-order valence-corrected chi connectivity index (χ0v) is 5.17. The first-order valence-electron chi connectivity index (χ1n) is 2.91. The predicted molar refractivity (Wildman–Crippen MR) is 32.3 cm³/mol. The third-order valence-corrected chi connectivity index (χ3v) is 1.04. The molecule has 2 nitrogen and oxygen atoms in total. The Hall–Kier alpha value is -0.0800. The molecule has 49 valence electrons. The summed E-state index contributed by atoms with van der Waals surface area (Å²) in [5.41, 5.74) is 0. The average Bonchev–Trinajstić information content (AvgIpc) is 1.83. The minimum absolute atomic E-state index is 0.0665. The van der Waals surface area contributed by atoms with Crippen LogP contribution in [0.5, 0.6) is 0 Å². The van der Waals surface area contributed by atoms with Gasteiger partial charge < -0.3 is 10.2 Å². The molecule has 0 bridgehead atoms. The molecule has 0 aromatic heterocycles. The number of hydrogen-bond acceptors (Lipinski definition) is 2. The molecule has 0 heterocycles. The second-order valence-corrected chi connectivity index (χ2v) is 1.77. The molecule has 2 N–H and O–H groups in total. The van der Waals surface area contributed by atoms with Gasteiger partial charge in [0.25, 0.3) is 0 Å². The molecule has 0 rings (SSSR count). The van der Waals surface area contributed by atoms with E-state index in [0.29, 0.717) is 6.42 Å². The van der Waals surface area contributed by atoms with Crippen LogP contribution in [0.15, 0.2) is 0 Å². The van der Waals surface area contributed by atoms with Gasteiger partial charge in [-0.05, 0) is 19.3 Å². The monoisotopic (exact) mass is 117 g/mol. The van der Waals surface area contributed by atoms with Gasteiger partial charge in [-0.1, -0.05) is 6.92 Å². The Morgan fingerprint density at radius 1 is 1.62 bits per heavy atom. The van der Waals surface area contributed by atoms with Crippen LogP contribution in [0.3, 0.4) is 0 Å². The Morgan fingerprint density at radius 3 is 2.62 bits per heavy atom. The number of rotatable bonds is 4. The zero-order chi connectivity index (χ0) is 6.41. The molecule has 0 saturated heterocycles. The van der Waals surface area contributed by atoms with E-state index in [-0.39, 0.29) is 12.7 Å². The maximum atomic E-state index is 8.85. The Bertz CT molecular complexity index is 45.8. The van der Waals surface area contributed by atoms with Crippen molar-refractivity contribution in [2.75, 3.05) is 6.61 Å². The fourth-order valence-corrected chi connectivity index (χ4v) is 0.434. The van der Waals surface area contributed by atoms with Crippen LogP contribution >= 0.6 is 0 Å². The molecule has 0 amide bonds. The molecule has 0 aromatic rings. The molecule has 0 spiro atoms. The van der Waals surface area contributed by atoms with Crippen molar-refractivity contribution in [3.63, 3.8) is 0 Å². The van der Waals surface area contributed by atoms with Crippen LogP contribution in [-0.4, -0.2) is 22.9 Å². The first kappa shape index (κ1) is 7.92. The highest BCUT2D eigenvalue weighted by molar-refractivity contribution is 4.66. The Labute approximate surface area is 50.2 Å². The highest BCUT2D eigenvalue weighted by Gasteiger charge is 1.97. The molecule has 2 heteroatoms. The van der Waals surface area contributed by atoms with Crippen molar-refractivity contribution in [2.24, 2.45) is 0 Å². The molecule has 0 aliphatic rings. The van der Waals surface area contributed by atoms with Crippen LogP contribution in [0.1, 0.15) is 19.8 Å². The highest BCUT2D eigenvalue weighted by Crippen LogP contribution is 1.97. The molecular weight excluding hydrogens is 104 g/mol. The Kier molecular flexibility index (Phi) is 5.01. The SMILES string of the molecule is CCC(O)C[CH]CO. The van der Waals surface area contributed by atoms with Crippen molar-refractivity contribution < 1.29 is 10.2 Å². The molecule has 0 aliphatic carbocycles. The Balaban J connectivity index is 2.86. The van der Waals surface area contributed by atoms with E-state index in [9.17, 15) is 0 Å². The first-order valence-corrected chi connectivity index (χ1v) is 2.91. The van der Waals surface area contributed by atoms with Gasteiger partial charge in [0.2, 0.25) is 0 Å². The molecule has 8 heavy (non-hydrogen) atoms. The quantitative estimate of drug-likeness (QED) is 0.557. The summed E-state index contributed by atoms with van der Waals surface area (Å²) >= 11 is 0. The van der Waals surface area contributed by atoms with Crippen molar-refractivity contribution in [1.29, 1.82) is 0 Å². The summed E-state index contributed by atoms with van der Waals surface area (Å²) in [7, 11) is 0. The van der Waals surface area contributed by atoms with E-state index in [4.69, 9.17) is 10.2 Å². The van der Waals surface area contributed by atoms with Crippen LogP contribution in [-0.2, 0) is 0 Å². The van der Waals surface area contributed by atoms with Gasteiger partial charge in [0.1, 0.15) is 0 Å². The maximum Gasteiger partial charge on any atom is 0.0541 e. The first-order chi connectivity index (χ1) is 3.81. The van der Waals surface area contributed by atoms with Gasteiger partial charge in [0, 0.05) is 6.61 Å². The van der Waals surface area contributed by atoms with Crippen LogP contribution in [0.4, 0.5) is 0 Å². The lowest BCUT2D eigenvalue weighted by Crippen LogP contribution is -2.04. The topological polar surface area (TPSA) is 40.5 Å². The van der Waals surface area contributed by atoms with Gasteiger partial charge >= 0.3 is 0 Å². The standard InChI is InChI=1S/C6H13O2/c1-2-6(8)4-3-5-7/h3,6-8H,2,4-5H2,1H3. The maximum absolute atomic E-state index is 8.85. The van der Waals surface area contributed by atoms with E-state index < -0.39 is 0 Å². The lowest BCUT2D eigenvalue weighted by Gasteiger charge is -2.03. The van der Waals surface area contributed by atoms with E-state index >= 15 is 0 Å². The van der Waals surface area contributed by atoms with E-state index in [1.807, 2.05) is 6.92 Å². The summed E-state index contributed by atoms with van der Waals surface area (Å²) in [6, 6.07) is 0. The van der Waals surface area contributed by atoms with E-state index in [2.05, 4.69) is 0 Å². The predicted octanol–water partition coefficient (Wildman–Crippen LogP) is 0.344. The fourth-order valence-electron chi connectivity index (χ4n) is 0.434. The zero-order valence-electron chi connectivity index (χ0n) is 5.17. The minimum Gasteiger partial charge on any atom is -0.396 e. The largest absolute Gasteiger partial charge is 0.396 e. The third-order valence-electron chi connectivity index (χ3n) is 1.04. The van der Waals surface area contributed by atoms with Crippen molar-refractivity contribution in [2.45, 2.75) is 25.9 Å². The molecule has 0 fully saturated rings. The second-order valence-electron chi connectivity index (χ2n) is 1.77. The van der Waals surface area contributed by atoms with E-state index in [1.54, 1.807) is 6.42 Å². The minimum atomic E-state index is -0.262. The Morgan fingerprint density at radius 2 is 2.25 bits per heavy atom. The molecule has 0 aromatic carbocycles. The molecule has 0 aliphatic heterocycles. The van der Waals surface area contributed by atoms with Gasteiger partial charge in [-0.2, -0.15) is 0 Å². The van der Waals surface area contributed by atoms with Crippen LogP contribution in [0, 0.1) is 6.42 Å². The van der Waals surface area contributed by atoms with Gasteiger partial charge in [0.15, 0.2) is 0 Å². The fraction of sp³-hybridized carbons (Fsp3) is 0.833. The van der Waals surface area contributed by atoms with Gasteiger partial charge in [-0.3, -0.25) is 0 Å². The molecule has 1 atom stereocenters. The van der Waals surface area contributed by atoms with E-state index in [1.165, 1.54) is 0 Å². The summed E-state index contributed by atoms with van der Waals surface area (Å²) in [6.45, 7) is 1.98. The van der Waals surface area contributed by atoms with Gasteiger partial charge in [-0.15, -0.1) is 0 Å².